The van der Waals surface area contributed by atoms with E-state index in [4.69, 9.17) is 5.11 Å². The van der Waals surface area contributed by atoms with Gasteiger partial charge in [-0.25, -0.2) is 4.79 Å². The van der Waals surface area contributed by atoms with E-state index in [-0.39, 0.29) is 0 Å². The van der Waals surface area contributed by atoms with E-state index in [0.717, 1.165) is 16.6 Å². The third kappa shape index (κ3) is 4.19. The maximum absolute atomic E-state index is 10.9. The third-order valence-corrected chi connectivity index (χ3v) is 3.21. The monoisotopic (exact) mass is 319 g/mol. The van der Waals surface area contributed by atoms with E-state index in [1.807, 2.05) is 24.3 Å². The second-order valence-corrected chi connectivity index (χ2v) is 5.15. The Balaban J connectivity index is 1.92. The quantitative estimate of drug-likeness (QED) is 0.887. The zero-order chi connectivity index (χ0) is 13.7. The number of hydrogen-bond donors (Lipinski definition) is 2. The molecule has 98 valence electrons. The highest BCUT2D eigenvalue weighted by Crippen LogP contribution is 2.11. The van der Waals surface area contributed by atoms with Crippen molar-refractivity contribution in [2.45, 2.75) is 13.1 Å². The van der Waals surface area contributed by atoms with Crippen molar-refractivity contribution >= 4 is 21.9 Å². The van der Waals surface area contributed by atoms with E-state index < -0.39 is 5.97 Å². The third-order valence-electron chi connectivity index (χ3n) is 2.72. The van der Waals surface area contributed by atoms with Gasteiger partial charge >= 0.3 is 5.97 Å². The van der Waals surface area contributed by atoms with Gasteiger partial charge in [0.1, 0.15) is 0 Å². The van der Waals surface area contributed by atoms with Crippen LogP contribution in [0.5, 0.6) is 0 Å². The van der Waals surface area contributed by atoms with Gasteiger partial charge in [-0.2, -0.15) is 0 Å². The molecule has 2 aromatic rings. The summed E-state index contributed by atoms with van der Waals surface area (Å²) >= 11 is 3.43. The van der Waals surface area contributed by atoms with Crippen LogP contribution < -0.4 is 5.32 Å². The van der Waals surface area contributed by atoms with E-state index in [1.165, 1.54) is 5.56 Å². The molecule has 0 aliphatic rings. The molecule has 19 heavy (non-hydrogen) atoms. The van der Waals surface area contributed by atoms with Crippen LogP contribution in [-0.2, 0) is 13.1 Å². The molecule has 0 aliphatic heterocycles. The molecule has 2 aromatic carbocycles. The van der Waals surface area contributed by atoms with Crippen molar-refractivity contribution in [1.82, 2.24) is 5.32 Å². The molecule has 4 heteroatoms. The van der Waals surface area contributed by atoms with E-state index >= 15 is 0 Å². The Kier molecular flexibility index (Phi) is 4.71. The molecule has 0 saturated heterocycles. The van der Waals surface area contributed by atoms with E-state index in [9.17, 15) is 4.79 Å². The maximum Gasteiger partial charge on any atom is 0.335 e. The molecule has 2 rings (SSSR count). The van der Waals surface area contributed by atoms with E-state index in [2.05, 4.69) is 27.3 Å². The Morgan fingerprint density at radius 3 is 2.32 bits per heavy atom. The summed E-state index contributed by atoms with van der Waals surface area (Å²) in [5, 5.41) is 12.2. The number of halogens is 1. The summed E-state index contributed by atoms with van der Waals surface area (Å²) in [5.41, 5.74) is 2.47. The summed E-state index contributed by atoms with van der Waals surface area (Å²) in [6.45, 7) is 1.39. The van der Waals surface area contributed by atoms with Crippen LogP contribution in [0.4, 0.5) is 0 Å². The molecule has 0 spiro atoms. The van der Waals surface area contributed by atoms with Crippen LogP contribution in [0.3, 0.4) is 0 Å². The molecule has 0 amide bonds. The first-order valence-corrected chi connectivity index (χ1v) is 6.72. The van der Waals surface area contributed by atoms with Crippen molar-refractivity contribution < 1.29 is 9.90 Å². The van der Waals surface area contributed by atoms with Crippen molar-refractivity contribution in [2.75, 3.05) is 0 Å². The number of rotatable bonds is 5. The van der Waals surface area contributed by atoms with Crippen LogP contribution in [0.15, 0.2) is 53.0 Å². The number of carboxylic acid groups (broad SMARTS) is 1. The molecular weight excluding hydrogens is 306 g/mol. The SMILES string of the molecule is O=C(O)c1cccc(CNCc2cccc(Br)c2)c1. The molecule has 0 fully saturated rings. The topological polar surface area (TPSA) is 49.3 Å². The molecule has 0 atom stereocenters. The Morgan fingerprint density at radius 1 is 1.05 bits per heavy atom. The van der Waals surface area contributed by atoms with Gasteiger partial charge in [-0.05, 0) is 35.4 Å². The molecule has 0 saturated carbocycles. The highest BCUT2D eigenvalue weighted by atomic mass is 79.9. The molecule has 0 radical (unpaired) electrons. The fourth-order valence-corrected chi connectivity index (χ4v) is 2.26. The lowest BCUT2D eigenvalue weighted by molar-refractivity contribution is 0.0696. The Labute approximate surface area is 120 Å². The number of aromatic carboxylic acids is 1. The fourth-order valence-electron chi connectivity index (χ4n) is 1.81. The normalized spacial score (nSPS) is 10.4. The van der Waals surface area contributed by atoms with Gasteiger partial charge in [-0.15, -0.1) is 0 Å². The molecule has 2 N–H and O–H groups in total. The van der Waals surface area contributed by atoms with Gasteiger partial charge in [0.15, 0.2) is 0 Å². The second kappa shape index (κ2) is 6.50. The van der Waals surface area contributed by atoms with Crippen molar-refractivity contribution in [3.05, 3.63) is 69.7 Å². The lowest BCUT2D eigenvalue weighted by atomic mass is 10.1. The summed E-state index contributed by atoms with van der Waals surface area (Å²) in [7, 11) is 0. The summed E-state index contributed by atoms with van der Waals surface area (Å²) in [4.78, 5) is 10.9. The molecule has 0 unspecified atom stereocenters. The fraction of sp³-hybridized carbons (Fsp3) is 0.133. The molecule has 3 nitrogen and oxygen atoms in total. The first-order valence-electron chi connectivity index (χ1n) is 5.92. The molecular formula is C15H14BrNO2. The van der Waals surface area contributed by atoms with Crippen molar-refractivity contribution in [2.24, 2.45) is 0 Å². The summed E-state index contributed by atoms with van der Waals surface area (Å²) in [6.07, 6.45) is 0. The van der Waals surface area contributed by atoms with Crippen molar-refractivity contribution in [3.63, 3.8) is 0 Å². The van der Waals surface area contributed by atoms with Gasteiger partial charge in [-0.1, -0.05) is 40.2 Å². The molecule has 0 bridgehead atoms. The largest absolute Gasteiger partial charge is 0.478 e. The average Bonchev–Trinajstić information content (AvgIpc) is 2.39. The first kappa shape index (κ1) is 13.8. The van der Waals surface area contributed by atoms with Gasteiger partial charge in [-0.3, -0.25) is 0 Å². The summed E-state index contributed by atoms with van der Waals surface area (Å²) in [6, 6.07) is 15.0. The van der Waals surface area contributed by atoms with Crippen LogP contribution in [0.1, 0.15) is 21.5 Å². The minimum absolute atomic E-state index is 0.321. The van der Waals surface area contributed by atoms with Crippen LogP contribution in [0, 0.1) is 0 Å². The number of nitrogens with one attached hydrogen (secondary N) is 1. The predicted molar refractivity (Wildman–Crippen MR) is 78.1 cm³/mol. The van der Waals surface area contributed by atoms with E-state index in [0.29, 0.717) is 12.1 Å². The highest BCUT2D eigenvalue weighted by molar-refractivity contribution is 9.10. The van der Waals surface area contributed by atoms with Crippen LogP contribution in [0.2, 0.25) is 0 Å². The summed E-state index contributed by atoms with van der Waals surface area (Å²) < 4.78 is 1.06. The number of hydrogen-bond acceptors (Lipinski definition) is 2. The number of benzene rings is 2. The van der Waals surface area contributed by atoms with Crippen LogP contribution in [-0.4, -0.2) is 11.1 Å². The number of carboxylic acids is 1. The molecule has 0 aliphatic carbocycles. The minimum atomic E-state index is -0.895. The zero-order valence-corrected chi connectivity index (χ0v) is 11.9. The lowest BCUT2D eigenvalue weighted by Crippen LogP contribution is -2.13. The van der Waals surface area contributed by atoms with E-state index in [1.54, 1.807) is 18.2 Å². The minimum Gasteiger partial charge on any atom is -0.478 e. The number of carbonyl (C=O) groups is 1. The van der Waals surface area contributed by atoms with Gasteiger partial charge in [0, 0.05) is 17.6 Å². The van der Waals surface area contributed by atoms with Gasteiger partial charge in [0.05, 0.1) is 5.56 Å². The van der Waals surface area contributed by atoms with Crippen molar-refractivity contribution in [1.29, 1.82) is 0 Å². The Bertz CT molecular complexity index is 584. The first-order chi connectivity index (χ1) is 9.15. The zero-order valence-electron chi connectivity index (χ0n) is 10.3. The Morgan fingerprint density at radius 2 is 1.68 bits per heavy atom. The van der Waals surface area contributed by atoms with Gasteiger partial charge < -0.3 is 10.4 Å². The summed E-state index contributed by atoms with van der Waals surface area (Å²) in [5.74, 6) is -0.895. The smallest absolute Gasteiger partial charge is 0.335 e. The second-order valence-electron chi connectivity index (χ2n) is 4.24. The Hall–Kier alpha value is -1.65. The highest BCUT2D eigenvalue weighted by Gasteiger charge is 2.02. The molecule has 0 heterocycles. The predicted octanol–water partition coefficient (Wildman–Crippen LogP) is 3.44. The average molecular weight is 320 g/mol. The lowest BCUT2D eigenvalue weighted by Gasteiger charge is -2.06. The van der Waals surface area contributed by atoms with Gasteiger partial charge in [0.2, 0.25) is 0 Å². The van der Waals surface area contributed by atoms with Gasteiger partial charge in [0.25, 0.3) is 0 Å². The maximum atomic E-state index is 10.9. The van der Waals surface area contributed by atoms with Crippen LogP contribution in [0.25, 0.3) is 0 Å². The van der Waals surface area contributed by atoms with Crippen molar-refractivity contribution in [3.8, 4) is 0 Å². The van der Waals surface area contributed by atoms with Crippen LogP contribution >= 0.6 is 15.9 Å². The molecule has 0 aromatic heterocycles. The standard InChI is InChI=1S/C15H14BrNO2/c16-14-6-2-4-12(8-14)10-17-9-11-3-1-5-13(7-11)15(18)19/h1-8,17H,9-10H2,(H,18,19).